The Morgan fingerprint density at radius 2 is 1.95 bits per heavy atom. The number of nitrogen functional groups attached to an aromatic ring is 1. The number of nitrogens with two attached hydrogens (primary N) is 1. The van der Waals surface area contributed by atoms with Crippen molar-refractivity contribution in [2.45, 2.75) is 19.9 Å². The third-order valence-corrected chi connectivity index (χ3v) is 3.07. The second kappa shape index (κ2) is 6.50. The van der Waals surface area contributed by atoms with Crippen molar-refractivity contribution in [2.24, 2.45) is 0 Å². The summed E-state index contributed by atoms with van der Waals surface area (Å²) >= 11 is 5.94. The molecule has 0 aliphatic heterocycles. The first-order chi connectivity index (χ1) is 9.95. The van der Waals surface area contributed by atoms with Crippen molar-refractivity contribution in [3.63, 3.8) is 0 Å². The Morgan fingerprint density at radius 1 is 1.19 bits per heavy atom. The van der Waals surface area contributed by atoms with E-state index in [4.69, 9.17) is 17.3 Å². The summed E-state index contributed by atoms with van der Waals surface area (Å²) in [5.41, 5.74) is 8.62. The fourth-order valence-electron chi connectivity index (χ4n) is 1.89. The Labute approximate surface area is 129 Å². The summed E-state index contributed by atoms with van der Waals surface area (Å²) in [6.45, 7) is 3.83. The molecule has 0 aliphatic carbocycles. The van der Waals surface area contributed by atoms with E-state index in [1.165, 1.54) is 0 Å². The number of halogens is 1. The van der Waals surface area contributed by atoms with E-state index in [0.29, 0.717) is 16.3 Å². The molecule has 0 heterocycles. The molecule has 2 aromatic carbocycles. The van der Waals surface area contributed by atoms with E-state index in [-0.39, 0.29) is 11.9 Å². The van der Waals surface area contributed by atoms with Crippen molar-refractivity contribution in [1.29, 1.82) is 0 Å². The lowest BCUT2D eigenvalue weighted by Crippen LogP contribution is -2.30. The summed E-state index contributed by atoms with van der Waals surface area (Å²) in [6.07, 6.45) is 0. The molecule has 0 saturated carbocycles. The van der Waals surface area contributed by atoms with Crippen LogP contribution < -0.4 is 16.4 Å². The van der Waals surface area contributed by atoms with Gasteiger partial charge in [-0.15, -0.1) is 0 Å². The molecule has 5 heteroatoms. The normalized spacial score (nSPS) is 10.5. The highest BCUT2D eigenvalue weighted by Gasteiger charge is 2.09. The Hall–Kier alpha value is -2.20. The minimum Gasteiger partial charge on any atom is -0.397 e. The van der Waals surface area contributed by atoms with Gasteiger partial charge < -0.3 is 16.4 Å². The van der Waals surface area contributed by atoms with E-state index >= 15 is 0 Å². The molecule has 1 amide bonds. The minimum absolute atomic E-state index is 0.0861. The molecule has 0 aliphatic rings. The molecule has 0 bridgehead atoms. The molecule has 0 atom stereocenters. The van der Waals surface area contributed by atoms with Gasteiger partial charge in [0.1, 0.15) is 0 Å². The molecule has 2 aromatic rings. The molecule has 0 saturated heterocycles. The lowest BCUT2D eigenvalue weighted by molar-refractivity contribution is 0.0943. The van der Waals surface area contributed by atoms with E-state index in [9.17, 15) is 4.79 Å². The van der Waals surface area contributed by atoms with Crippen LogP contribution in [0, 0.1) is 0 Å². The van der Waals surface area contributed by atoms with E-state index < -0.39 is 0 Å². The standard InChI is InChI=1S/C16H18ClN3O/c1-10(2)19-16(21)11-6-7-15(14(18)8-11)20-13-5-3-4-12(17)9-13/h3-10,20H,18H2,1-2H3,(H,19,21). The van der Waals surface area contributed by atoms with Crippen molar-refractivity contribution in [2.75, 3.05) is 11.1 Å². The van der Waals surface area contributed by atoms with Gasteiger partial charge in [-0.05, 0) is 50.2 Å². The monoisotopic (exact) mass is 303 g/mol. The van der Waals surface area contributed by atoms with Crippen molar-refractivity contribution < 1.29 is 4.79 Å². The summed E-state index contributed by atoms with van der Waals surface area (Å²) in [7, 11) is 0. The summed E-state index contributed by atoms with van der Waals surface area (Å²) in [6, 6.07) is 12.6. The predicted molar refractivity (Wildman–Crippen MR) is 88.2 cm³/mol. The average Bonchev–Trinajstić information content (AvgIpc) is 2.40. The fourth-order valence-corrected chi connectivity index (χ4v) is 2.08. The van der Waals surface area contributed by atoms with E-state index in [1.54, 1.807) is 30.3 Å². The van der Waals surface area contributed by atoms with Crippen molar-refractivity contribution in [1.82, 2.24) is 5.32 Å². The van der Waals surface area contributed by atoms with Crippen LogP contribution in [0.3, 0.4) is 0 Å². The molecule has 0 spiro atoms. The molecule has 2 rings (SSSR count). The molecule has 0 unspecified atom stereocenters. The first-order valence-corrected chi connectivity index (χ1v) is 7.06. The SMILES string of the molecule is CC(C)NC(=O)c1ccc(Nc2cccc(Cl)c2)c(N)c1. The highest BCUT2D eigenvalue weighted by molar-refractivity contribution is 6.30. The minimum atomic E-state index is -0.133. The van der Waals surface area contributed by atoms with Gasteiger partial charge in [-0.3, -0.25) is 4.79 Å². The van der Waals surface area contributed by atoms with Crippen molar-refractivity contribution in [3.05, 3.63) is 53.1 Å². The summed E-state index contributed by atoms with van der Waals surface area (Å²) in [4.78, 5) is 11.9. The number of nitrogens with one attached hydrogen (secondary N) is 2. The number of benzene rings is 2. The number of carbonyl (C=O) groups is 1. The van der Waals surface area contributed by atoms with Gasteiger partial charge in [0.25, 0.3) is 5.91 Å². The van der Waals surface area contributed by atoms with Gasteiger partial charge in [0.2, 0.25) is 0 Å². The van der Waals surface area contributed by atoms with Crippen LogP contribution in [0.4, 0.5) is 17.1 Å². The molecular formula is C16H18ClN3O. The van der Waals surface area contributed by atoms with Gasteiger partial charge in [-0.1, -0.05) is 17.7 Å². The molecule has 0 aromatic heterocycles. The largest absolute Gasteiger partial charge is 0.397 e. The number of hydrogen-bond donors (Lipinski definition) is 3. The van der Waals surface area contributed by atoms with Gasteiger partial charge in [0, 0.05) is 22.3 Å². The quantitative estimate of drug-likeness (QED) is 0.753. The molecule has 0 fully saturated rings. The number of anilines is 3. The maximum Gasteiger partial charge on any atom is 0.251 e. The van der Waals surface area contributed by atoms with E-state index in [2.05, 4.69) is 10.6 Å². The van der Waals surface area contributed by atoms with Gasteiger partial charge in [-0.2, -0.15) is 0 Å². The van der Waals surface area contributed by atoms with E-state index in [0.717, 1.165) is 11.4 Å². The summed E-state index contributed by atoms with van der Waals surface area (Å²) in [5.74, 6) is -0.133. The van der Waals surface area contributed by atoms with Crippen LogP contribution in [0.2, 0.25) is 5.02 Å². The Kier molecular flexibility index (Phi) is 4.70. The number of carbonyl (C=O) groups excluding carboxylic acids is 1. The Balaban J connectivity index is 2.18. The smallest absolute Gasteiger partial charge is 0.251 e. The summed E-state index contributed by atoms with van der Waals surface area (Å²) < 4.78 is 0. The van der Waals surface area contributed by atoms with Crippen molar-refractivity contribution in [3.8, 4) is 0 Å². The lowest BCUT2D eigenvalue weighted by Gasteiger charge is -2.12. The van der Waals surface area contributed by atoms with Crippen LogP contribution in [0.25, 0.3) is 0 Å². The van der Waals surface area contributed by atoms with Crippen LogP contribution in [-0.4, -0.2) is 11.9 Å². The van der Waals surface area contributed by atoms with Crippen LogP contribution in [0.15, 0.2) is 42.5 Å². The van der Waals surface area contributed by atoms with Crippen LogP contribution in [0.5, 0.6) is 0 Å². The third-order valence-electron chi connectivity index (χ3n) is 2.84. The van der Waals surface area contributed by atoms with Crippen LogP contribution in [-0.2, 0) is 0 Å². The van der Waals surface area contributed by atoms with Crippen LogP contribution in [0.1, 0.15) is 24.2 Å². The average molecular weight is 304 g/mol. The first kappa shape index (κ1) is 15.2. The topological polar surface area (TPSA) is 67.2 Å². The number of amides is 1. The molecular weight excluding hydrogens is 286 g/mol. The molecule has 4 nitrogen and oxygen atoms in total. The van der Waals surface area contributed by atoms with Gasteiger partial charge in [0.05, 0.1) is 11.4 Å². The second-order valence-electron chi connectivity index (χ2n) is 5.07. The third kappa shape index (κ3) is 4.13. The van der Waals surface area contributed by atoms with E-state index in [1.807, 2.05) is 26.0 Å². The number of rotatable bonds is 4. The molecule has 0 radical (unpaired) electrons. The number of hydrogen-bond acceptors (Lipinski definition) is 3. The molecule has 21 heavy (non-hydrogen) atoms. The fraction of sp³-hybridized carbons (Fsp3) is 0.188. The predicted octanol–water partition coefficient (Wildman–Crippen LogP) is 3.80. The van der Waals surface area contributed by atoms with Crippen molar-refractivity contribution >= 4 is 34.6 Å². The second-order valence-corrected chi connectivity index (χ2v) is 5.50. The highest BCUT2D eigenvalue weighted by Crippen LogP contribution is 2.25. The zero-order valence-electron chi connectivity index (χ0n) is 12.0. The maximum atomic E-state index is 11.9. The lowest BCUT2D eigenvalue weighted by atomic mass is 10.1. The Morgan fingerprint density at radius 3 is 2.57 bits per heavy atom. The maximum absolute atomic E-state index is 11.9. The van der Waals surface area contributed by atoms with Gasteiger partial charge >= 0.3 is 0 Å². The zero-order chi connectivity index (χ0) is 15.4. The first-order valence-electron chi connectivity index (χ1n) is 6.68. The zero-order valence-corrected chi connectivity index (χ0v) is 12.7. The Bertz CT molecular complexity index is 656. The molecule has 4 N–H and O–H groups in total. The van der Waals surface area contributed by atoms with Gasteiger partial charge in [0.15, 0.2) is 0 Å². The van der Waals surface area contributed by atoms with Crippen LogP contribution >= 0.6 is 11.6 Å². The van der Waals surface area contributed by atoms with Gasteiger partial charge in [-0.25, -0.2) is 0 Å². The summed E-state index contributed by atoms with van der Waals surface area (Å²) in [5, 5.41) is 6.65. The highest BCUT2D eigenvalue weighted by atomic mass is 35.5. The molecule has 110 valence electrons.